The van der Waals surface area contributed by atoms with E-state index in [-0.39, 0.29) is 5.78 Å². The average Bonchev–Trinajstić information content (AvgIpc) is 2.07. The van der Waals surface area contributed by atoms with E-state index in [1.165, 1.54) is 20.8 Å². The van der Waals surface area contributed by atoms with Crippen molar-refractivity contribution in [3.8, 4) is 0 Å². The van der Waals surface area contributed by atoms with Crippen molar-refractivity contribution >= 4 is 62.5 Å². The maximum absolute atomic E-state index is 12.1. The van der Waals surface area contributed by atoms with Crippen LogP contribution >= 0.6 is 50.7 Å². The summed E-state index contributed by atoms with van der Waals surface area (Å²) in [6.45, 7) is 4.48. The molecule has 1 rings (SSSR count). The van der Waals surface area contributed by atoms with Crippen LogP contribution in [0.15, 0.2) is 0 Å². The summed E-state index contributed by atoms with van der Waals surface area (Å²) in [5.41, 5.74) is -1.25. The van der Waals surface area contributed by atoms with E-state index in [0.29, 0.717) is 0 Å². The minimum Gasteiger partial charge on any atom is -0.455 e. The monoisotopic (exact) mass is 350 g/mol. The lowest BCUT2D eigenvalue weighted by molar-refractivity contribution is -0.174. The van der Waals surface area contributed by atoms with Gasteiger partial charge in [0.25, 0.3) is 0 Å². The molecule has 2 atom stereocenters. The van der Waals surface area contributed by atoms with Crippen LogP contribution in [-0.4, -0.2) is 26.0 Å². The Bertz CT molecular complexity index is 346. The van der Waals surface area contributed by atoms with Gasteiger partial charge in [-0.15, -0.1) is 0 Å². The Morgan fingerprint density at radius 1 is 1.25 bits per heavy atom. The number of rotatable bonds is 0. The van der Waals surface area contributed by atoms with Crippen molar-refractivity contribution in [3.05, 3.63) is 0 Å². The average molecular weight is 352 g/mol. The van der Waals surface area contributed by atoms with Gasteiger partial charge in [0, 0.05) is 0 Å². The number of hydrogen-bond donors (Lipinski definition) is 0. The summed E-state index contributed by atoms with van der Waals surface area (Å²) in [5.74, 6) is -1.06. The predicted molar refractivity (Wildman–Crippen MR) is 66.3 cm³/mol. The van der Waals surface area contributed by atoms with Crippen LogP contribution in [0.25, 0.3) is 0 Å². The zero-order chi connectivity index (χ0) is 12.9. The lowest BCUT2D eigenvalue weighted by atomic mass is 9.77. The van der Waals surface area contributed by atoms with E-state index in [0.717, 1.165) is 0 Å². The Labute approximate surface area is 117 Å². The van der Waals surface area contributed by atoms with Gasteiger partial charge in [0.15, 0.2) is 11.9 Å². The first-order chi connectivity index (χ1) is 6.91. The van der Waals surface area contributed by atoms with Crippen LogP contribution in [-0.2, 0) is 14.3 Å². The van der Waals surface area contributed by atoms with Gasteiger partial charge in [0.2, 0.25) is 3.79 Å². The van der Waals surface area contributed by atoms with Crippen molar-refractivity contribution in [3.63, 3.8) is 0 Å². The number of ketones is 1. The van der Waals surface area contributed by atoms with E-state index in [9.17, 15) is 9.59 Å². The summed E-state index contributed by atoms with van der Waals surface area (Å²) in [6, 6.07) is 0. The summed E-state index contributed by atoms with van der Waals surface area (Å²) < 4.78 is 1.98. The van der Waals surface area contributed by atoms with Crippen LogP contribution in [0.1, 0.15) is 20.8 Å². The quantitative estimate of drug-likeness (QED) is 0.382. The highest BCUT2D eigenvalue weighted by molar-refractivity contribution is 9.10. The zero-order valence-electron chi connectivity index (χ0n) is 8.81. The first-order valence-corrected chi connectivity index (χ1v) is 6.36. The number of cyclic esters (lactones) is 1. The van der Waals surface area contributed by atoms with E-state index in [1.54, 1.807) is 0 Å². The van der Waals surface area contributed by atoms with E-state index < -0.39 is 25.6 Å². The second-order valence-corrected chi connectivity index (χ2v) is 8.37. The Kier molecular flexibility index (Phi) is 3.64. The van der Waals surface area contributed by atoms with E-state index >= 15 is 0 Å². The molecule has 1 aliphatic heterocycles. The third kappa shape index (κ3) is 2.22. The Hall–Kier alpha value is 0.490. The molecule has 1 heterocycles. The predicted octanol–water partition coefficient (Wildman–Crippen LogP) is 3.03. The molecule has 1 fully saturated rings. The second-order valence-electron chi connectivity index (χ2n) is 4.36. The summed E-state index contributed by atoms with van der Waals surface area (Å²) in [6.07, 6.45) is -1.15. The summed E-state index contributed by atoms with van der Waals surface area (Å²) >= 11 is 20.3. The van der Waals surface area contributed by atoms with E-state index in [1.807, 2.05) is 0 Å². The van der Waals surface area contributed by atoms with Crippen molar-refractivity contribution in [2.24, 2.45) is 5.41 Å². The number of alkyl halides is 4. The van der Waals surface area contributed by atoms with Crippen LogP contribution in [0.5, 0.6) is 0 Å². The van der Waals surface area contributed by atoms with Crippen LogP contribution in [0.2, 0.25) is 0 Å². The molecule has 1 saturated heterocycles. The fourth-order valence-electron chi connectivity index (χ4n) is 1.56. The fourth-order valence-corrected chi connectivity index (χ4v) is 3.68. The lowest BCUT2D eigenvalue weighted by Gasteiger charge is -2.44. The Balaban J connectivity index is 3.22. The van der Waals surface area contributed by atoms with E-state index in [2.05, 4.69) is 15.9 Å². The third-order valence-electron chi connectivity index (χ3n) is 2.54. The highest BCUT2D eigenvalue weighted by Gasteiger charge is 2.61. The molecular weight excluding hydrogens is 342 g/mol. The fraction of sp³-hybridized carbons (Fsp3) is 0.778. The van der Waals surface area contributed by atoms with Gasteiger partial charge >= 0.3 is 5.97 Å². The molecular formula is C9H10BrCl3O3. The van der Waals surface area contributed by atoms with Crippen LogP contribution in [0.3, 0.4) is 0 Å². The zero-order valence-corrected chi connectivity index (χ0v) is 12.7. The minimum atomic E-state index is -1.86. The van der Waals surface area contributed by atoms with E-state index in [4.69, 9.17) is 39.5 Å². The van der Waals surface area contributed by atoms with Crippen LogP contribution in [0.4, 0.5) is 0 Å². The number of carbonyl (C=O) groups excluding carboxylic acids is 2. The number of hydrogen-bond acceptors (Lipinski definition) is 3. The highest BCUT2D eigenvalue weighted by Crippen LogP contribution is 2.48. The Morgan fingerprint density at radius 2 is 1.69 bits per heavy atom. The van der Waals surface area contributed by atoms with Gasteiger partial charge in [-0.05, 0) is 20.8 Å². The molecule has 3 nitrogen and oxygen atoms in total. The van der Waals surface area contributed by atoms with Crippen molar-refractivity contribution in [2.75, 3.05) is 0 Å². The Morgan fingerprint density at radius 3 is 2.06 bits per heavy atom. The maximum Gasteiger partial charge on any atom is 0.319 e. The molecule has 0 bridgehead atoms. The molecule has 0 saturated carbocycles. The van der Waals surface area contributed by atoms with Gasteiger partial charge < -0.3 is 4.74 Å². The number of halogens is 4. The number of carbonyl (C=O) groups is 2. The molecule has 92 valence electrons. The minimum absolute atomic E-state index is 0.368. The van der Waals surface area contributed by atoms with Gasteiger partial charge in [-0.1, -0.05) is 50.7 Å². The standard InChI is InChI=1S/C9H10BrCl3O3/c1-7(2)4(14)8(3,10)5(9(11,12)13)16-6(7)15/h5H,1-3H3/t5-,8-/m0/s1. The molecule has 0 N–H and O–H groups in total. The van der Waals surface area contributed by atoms with Crippen molar-refractivity contribution in [1.29, 1.82) is 0 Å². The molecule has 0 amide bonds. The van der Waals surface area contributed by atoms with Gasteiger partial charge in [0.1, 0.15) is 9.74 Å². The first kappa shape index (κ1) is 14.6. The molecule has 1 aliphatic rings. The molecule has 0 aromatic carbocycles. The molecule has 7 heteroatoms. The SMILES string of the molecule is CC1(C)C(=O)O[C@H](C(Cl)(Cl)Cl)[C@@](C)(Br)C1=O. The number of ether oxygens (including phenoxy) is 1. The summed E-state index contributed by atoms with van der Waals surface area (Å²) in [5, 5.41) is 0. The summed E-state index contributed by atoms with van der Waals surface area (Å²) in [7, 11) is 0. The van der Waals surface area contributed by atoms with Crippen molar-refractivity contribution in [1.82, 2.24) is 0 Å². The van der Waals surface area contributed by atoms with Crippen LogP contribution in [0, 0.1) is 5.41 Å². The molecule has 0 radical (unpaired) electrons. The largest absolute Gasteiger partial charge is 0.455 e. The normalized spacial score (nSPS) is 34.8. The first-order valence-electron chi connectivity index (χ1n) is 4.43. The van der Waals surface area contributed by atoms with Gasteiger partial charge in [-0.3, -0.25) is 9.59 Å². The smallest absolute Gasteiger partial charge is 0.319 e. The van der Waals surface area contributed by atoms with Gasteiger partial charge in [-0.25, -0.2) is 0 Å². The molecule has 0 unspecified atom stereocenters. The van der Waals surface area contributed by atoms with Crippen LogP contribution < -0.4 is 0 Å². The molecule has 0 aromatic heterocycles. The topological polar surface area (TPSA) is 43.4 Å². The molecule has 0 aromatic rings. The number of esters is 1. The second kappa shape index (κ2) is 4.01. The summed E-state index contributed by atoms with van der Waals surface area (Å²) in [4.78, 5) is 23.7. The van der Waals surface area contributed by atoms with Gasteiger partial charge in [0.05, 0.1) is 0 Å². The molecule has 0 aliphatic carbocycles. The lowest BCUT2D eigenvalue weighted by Crippen LogP contribution is -2.62. The maximum atomic E-state index is 12.1. The number of Topliss-reactive ketones (excluding diaryl/α,β-unsaturated/α-hetero) is 1. The molecule has 0 spiro atoms. The highest BCUT2D eigenvalue weighted by atomic mass is 79.9. The van der Waals surface area contributed by atoms with Crippen molar-refractivity contribution < 1.29 is 14.3 Å². The van der Waals surface area contributed by atoms with Gasteiger partial charge in [-0.2, -0.15) is 0 Å². The third-order valence-corrected chi connectivity index (χ3v) is 3.91. The van der Waals surface area contributed by atoms with Crippen molar-refractivity contribution in [2.45, 2.75) is 35.0 Å². The molecule has 16 heavy (non-hydrogen) atoms.